The quantitative estimate of drug-likeness (QED) is 0.164. The van der Waals surface area contributed by atoms with Gasteiger partial charge in [-0.1, -0.05) is 164 Å². The first kappa shape index (κ1) is 32.7. The lowest BCUT2D eigenvalue weighted by molar-refractivity contribution is 1.18. The molecule has 0 saturated carbocycles. The van der Waals surface area contributed by atoms with Gasteiger partial charge in [0.25, 0.3) is 0 Å². The molecule has 8 aromatic carbocycles. The maximum Gasteiger partial charge on any atom is 0.161 e. The molecule has 0 aliphatic rings. The Bertz CT molecular complexity index is 2970. The Morgan fingerprint density at radius 3 is 1.42 bits per heavy atom. The summed E-state index contributed by atoms with van der Waals surface area (Å²) in [6.07, 6.45) is 0. The van der Waals surface area contributed by atoms with Crippen molar-refractivity contribution < 1.29 is 0 Å². The second-order valence-electron chi connectivity index (χ2n) is 13.8. The summed E-state index contributed by atoms with van der Waals surface area (Å²) < 4.78 is 2.60. The Morgan fingerprint density at radius 2 is 0.745 bits per heavy atom. The van der Waals surface area contributed by atoms with Crippen molar-refractivity contribution in [2.24, 2.45) is 0 Å². The van der Waals surface area contributed by atoms with Crippen LogP contribution in [0.3, 0.4) is 0 Å². The summed E-state index contributed by atoms with van der Waals surface area (Å²) >= 11 is 1.85. The third kappa shape index (κ3) is 6.31. The fourth-order valence-electron chi connectivity index (χ4n) is 7.63. The van der Waals surface area contributed by atoms with Gasteiger partial charge in [-0.25, -0.2) is 9.97 Å². The van der Waals surface area contributed by atoms with Gasteiger partial charge in [0.15, 0.2) is 5.82 Å². The molecule has 0 atom stereocenters. The Balaban J connectivity index is 1.22. The highest BCUT2D eigenvalue weighted by atomic mass is 32.1. The molecule has 0 spiro atoms. The zero-order chi connectivity index (χ0) is 36.6. The van der Waals surface area contributed by atoms with E-state index in [2.05, 4.69) is 200 Å². The lowest BCUT2D eigenvalue weighted by Gasteiger charge is -2.16. The Morgan fingerprint density at radius 1 is 0.273 bits per heavy atom. The minimum atomic E-state index is 0.693. The van der Waals surface area contributed by atoms with E-state index in [9.17, 15) is 0 Å². The summed E-state index contributed by atoms with van der Waals surface area (Å²) in [7, 11) is 0. The zero-order valence-electron chi connectivity index (χ0n) is 29.9. The minimum Gasteiger partial charge on any atom is -0.228 e. The number of benzene rings is 8. The molecule has 10 aromatic rings. The lowest BCUT2D eigenvalue weighted by Crippen LogP contribution is -1.98. The highest BCUT2D eigenvalue weighted by Crippen LogP contribution is 2.41. The van der Waals surface area contributed by atoms with E-state index in [4.69, 9.17) is 9.97 Å². The summed E-state index contributed by atoms with van der Waals surface area (Å²) in [6, 6.07) is 73.4. The van der Waals surface area contributed by atoms with Gasteiger partial charge < -0.3 is 0 Å². The summed E-state index contributed by atoms with van der Waals surface area (Å²) in [5.41, 5.74) is 14.0. The molecule has 0 bridgehead atoms. The number of aromatic nitrogens is 2. The average molecular weight is 719 g/mol. The van der Waals surface area contributed by atoms with E-state index in [1.165, 1.54) is 42.4 Å². The number of hydrogen-bond donors (Lipinski definition) is 0. The van der Waals surface area contributed by atoms with Crippen molar-refractivity contribution in [1.29, 1.82) is 0 Å². The molecule has 2 heterocycles. The van der Waals surface area contributed by atoms with Crippen LogP contribution in [0.2, 0.25) is 0 Å². The SMILES string of the molecule is c1ccc(-c2cc(-c3cc(-c4ccc5sc6ccccc6c5c4)cc(-c4ccccc4-c4ccccc4)c3)nc(-c3ccccc3-c3ccccc3)n2)cc1. The van der Waals surface area contributed by atoms with Crippen molar-refractivity contribution in [2.75, 3.05) is 0 Å². The smallest absolute Gasteiger partial charge is 0.161 e. The summed E-state index contributed by atoms with van der Waals surface area (Å²) in [4.78, 5) is 10.7. The van der Waals surface area contributed by atoms with E-state index < -0.39 is 0 Å². The van der Waals surface area contributed by atoms with Gasteiger partial charge in [0.2, 0.25) is 0 Å². The topological polar surface area (TPSA) is 25.8 Å². The Kier molecular flexibility index (Phi) is 8.40. The normalized spacial score (nSPS) is 11.3. The standard InChI is InChI=1S/C52H34N2S/c1-4-16-35(17-5-1)42-22-10-11-24-44(42)40-30-39(38-28-29-51-47(33-38)45-25-14-15-27-50(45)55-51)31-41(32-40)49-34-48(37-20-8-3-9-21-37)53-52(54-49)46-26-13-12-23-43(46)36-18-6-2-7-19-36/h1-34H. The zero-order valence-corrected chi connectivity index (χ0v) is 30.7. The third-order valence-corrected chi connectivity index (χ3v) is 11.5. The summed E-state index contributed by atoms with van der Waals surface area (Å²) in [6.45, 7) is 0. The van der Waals surface area contributed by atoms with Crippen molar-refractivity contribution in [3.8, 4) is 78.4 Å². The van der Waals surface area contributed by atoms with E-state index in [1.807, 2.05) is 17.4 Å². The number of thiophene rings is 1. The lowest BCUT2D eigenvalue weighted by atomic mass is 9.90. The van der Waals surface area contributed by atoms with Crippen LogP contribution in [0.4, 0.5) is 0 Å². The van der Waals surface area contributed by atoms with Crippen LogP contribution in [-0.4, -0.2) is 9.97 Å². The highest BCUT2D eigenvalue weighted by Gasteiger charge is 2.17. The van der Waals surface area contributed by atoms with Gasteiger partial charge in [0.1, 0.15) is 0 Å². The molecule has 0 aliphatic carbocycles. The molecule has 0 radical (unpaired) electrons. The van der Waals surface area contributed by atoms with Crippen LogP contribution in [-0.2, 0) is 0 Å². The van der Waals surface area contributed by atoms with Gasteiger partial charge in [-0.05, 0) is 87.0 Å². The van der Waals surface area contributed by atoms with Gasteiger partial charge in [-0.3, -0.25) is 0 Å². The average Bonchev–Trinajstić information content (AvgIpc) is 3.65. The van der Waals surface area contributed by atoms with Crippen LogP contribution < -0.4 is 0 Å². The van der Waals surface area contributed by atoms with Crippen LogP contribution in [0.1, 0.15) is 0 Å². The van der Waals surface area contributed by atoms with Crippen LogP contribution in [0.5, 0.6) is 0 Å². The maximum atomic E-state index is 5.41. The molecular weight excluding hydrogens is 685 g/mol. The van der Waals surface area contributed by atoms with Crippen molar-refractivity contribution >= 4 is 31.5 Å². The molecule has 0 fully saturated rings. The Hall–Kier alpha value is -6.94. The van der Waals surface area contributed by atoms with E-state index in [0.29, 0.717) is 5.82 Å². The summed E-state index contributed by atoms with van der Waals surface area (Å²) in [5, 5.41) is 2.57. The fourth-order valence-corrected chi connectivity index (χ4v) is 8.71. The van der Waals surface area contributed by atoms with Crippen LogP contribution in [0.15, 0.2) is 206 Å². The van der Waals surface area contributed by atoms with Gasteiger partial charge in [0, 0.05) is 36.9 Å². The number of nitrogens with zero attached hydrogens (tertiary/aromatic N) is 2. The largest absolute Gasteiger partial charge is 0.228 e. The second kappa shape index (κ2) is 14.1. The molecule has 2 nitrogen and oxygen atoms in total. The molecule has 0 saturated heterocycles. The Labute approximate surface area is 324 Å². The first-order valence-corrected chi connectivity index (χ1v) is 19.4. The van der Waals surface area contributed by atoms with Crippen LogP contribution in [0, 0.1) is 0 Å². The minimum absolute atomic E-state index is 0.693. The predicted molar refractivity (Wildman–Crippen MR) is 233 cm³/mol. The van der Waals surface area contributed by atoms with Crippen LogP contribution >= 0.6 is 11.3 Å². The van der Waals surface area contributed by atoms with Crippen molar-refractivity contribution in [2.45, 2.75) is 0 Å². The molecule has 55 heavy (non-hydrogen) atoms. The van der Waals surface area contributed by atoms with Crippen molar-refractivity contribution in [3.05, 3.63) is 206 Å². The van der Waals surface area contributed by atoms with Gasteiger partial charge in [-0.2, -0.15) is 0 Å². The number of fused-ring (bicyclic) bond motifs is 3. The number of hydrogen-bond acceptors (Lipinski definition) is 3. The molecule has 3 heteroatoms. The van der Waals surface area contributed by atoms with E-state index in [1.54, 1.807) is 0 Å². The molecular formula is C52H34N2S. The third-order valence-electron chi connectivity index (χ3n) is 10.3. The number of rotatable bonds is 7. The molecule has 258 valence electrons. The molecule has 2 aromatic heterocycles. The van der Waals surface area contributed by atoms with Crippen molar-refractivity contribution in [3.63, 3.8) is 0 Å². The van der Waals surface area contributed by atoms with Gasteiger partial charge in [0.05, 0.1) is 11.4 Å². The van der Waals surface area contributed by atoms with E-state index >= 15 is 0 Å². The maximum absolute atomic E-state index is 5.41. The van der Waals surface area contributed by atoms with Gasteiger partial charge in [-0.15, -0.1) is 11.3 Å². The van der Waals surface area contributed by atoms with Gasteiger partial charge >= 0.3 is 0 Å². The van der Waals surface area contributed by atoms with E-state index in [0.717, 1.165) is 50.3 Å². The van der Waals surface area contributed by atoms with Crippen molar-refractivity contribution in [1.82, 2.24) is 9.97 Å². The first-order chi connectivity index (χ1) is 27.2. The van der Waals surface area contributed by atoms with Crippen LogP contribution in [0.25, 0.3) is 98.6 Å². The molecule has 0 N–H and O–H groups in total. The highest BCUT2D eigenvalue weighted by molar-refractivity contribution is 7.25. The van der Waals surface area contributed by atoms with E-state index in [-0.39, 0.29) is 0 Å². The predicted octanol–water partition coefficient (Wildman–Crippen LogP) is 14.5. The fraction of sp³-hybridized carbons (Fsp3) is 0. The monoisotopic (exact) mass is 718 g/mol. The molecule has 10 rings (SSSR count). The second-order valence-corrected chi connectivity index (χ2v) is 14.8. The molecule has 0 amide bonds. The summed E-state index contributed by atoms with van der Waals surface area (Å²) in [5.74, 6) is 0.693. The first-order valence-electron chi connectivity index (χ1n) is 18.6. The molecule has 0 aliphatic heterocycles. The molecule has 0 unspecified atom stereocenters.